The van der Waals surface area contributed by atoms with Crippen molar-refractivity contribution in [3.8, 4) is 5.75 Å². The molecule has 0 saturated carbocycles. The summed E-state index contributed by atoms with van der Waals surface area (Å²) in [4.78, 5) is 19.1. The molecule has 3 heterocycles. The first-order valence-corrected chi connectivity index (χ1v) is 11.4. The molecular formula is C28H25N3O2. The van der Waals surface area contributed by atoms with Crippen LogP contribution < -0.4 is 10.5 Å². The lowest BCUT2D eigenvalue weighted by Crippen LogP contribution is -2.39. The summed E-state index contributed by atoms with van der Waals surface area (Å²) in [6, 6.07) is 22.1. The number of nitrogens with one attached hydrogen (secondary N) is 1. The maximum atomic E-state index is 13.5. The zero-order valence-electron chi connectivity index (χ0n) is 18.3. The van der Waals surface area contributed by atoms with E-state index in [-0.39, 0.29) is 11.9 Å². The molecule has 3 aromatic carbocycles. The lowest BCUT2D eigenvalue weighted by Gasteiger charge is -2.36. The number of H-pyrrole nitrogens is 1. The highest BCUT2D eigenvalue weighted by atomic mass is 16.5. The number of nitrogens with two attached hydrogens (primary N) is 1. The smallest absolute Gasteiger partial charge is 0.247 e. The van der Waals surface area contributed by atoms with Crippen LogP contribution in [-0.2, 0) is 17.6 Å². The van der Waals surface area contributed by atoms with Gasteiger partial charge in [0.25, 0.3) is 0 Å². The predicted molar refractivity (Wildman–Crippen MR) is 131 cm³/mol. The minimum absolute atomic E-state index is 0.00196. The van der Waals surface area contributed by atoms with E-state index in [2.05, 4.69) is 35.3 Å². The van der Waals surface area contributed by atoms with Crippen LogP contribution in [0.15, 0.2) is 72.8 Å². The molecule has 3 N–H and O–H groups in total. The fourth-order valence-corrected chi connectivity index (χ4v) is 5.07. The van der Waals surface area contributed by atoms with E-state index in [1.54, 1.807) is 6.08 Å². The molecule has 1 amide bonds. The zero-order valence-corrected chi connectivity index (χ0v) is 18.3. The highest BCUT2D eigenvalue weighted by Crippen LogP contribution is 2.40. The van der Waals surface area contributed by atoms with Crippen LogP contribution in [0.5, 0.6) is 5.75 Å². The van der Waals surface area contributed by atoms with E-state index in [1.165, 1.54) is 16.5 Å². The van der Waals surface area contributed by atoms with Crippen LogP contribution in [0.2, 0.25) is 0 Å². The van der Waals surface area contributed by atoms with Gasteiger partial charge in [0.15, 0.2) is 0 Å². The number of benzene rings is 3. The number of aromatic nitrogens is 1. The second kappa shape index (κ2) is 7.85. The van der Waals surface area contributed by atoms with Gasteiger partial charge in [-0.15, -0.1) is 0 Å². The molecular weight excluding hydrogens is 410 g/mol. The van der Waals surface area contributed by atoms with E-state index in [9.17, 15) is 4.79 Å². The molecule has 0 aliphatic carbocycles. The fourth-order valence-electron chi connectivity index (χ4n) is 5.07. The molecule has 0 fully saturated rings. The minimum atomic E-state index is -0.171. The molecule has 5 nitrogen and oxygen atoms in total. The first-order valence-electron chi connectivity index (χ1n) is 11.4. The number of rotatable bonds is 3. The monoisotopic (exact) mass is 435 g/mol. The van der Waals surface area contributed by atoms with E-state index < -0.39 is 0 Å². The van der Waals surface area contributed by atoms with Crippen molar-refractivity contribution in [1.82, 2.24) is 9.88 Å². The van der Waals surface area contributed by atoms with Crippen LogP contribution in [0.25, 0.3) is 17.0 Å². The van der Waals surface area contributed by atoms with Crippen LogP contribution in [0.3, 0.4) is 0 Å². The Hall–Kier alpha value is -3.99. The number of anilines is 1. The second-order valence-corrected chi connectivity index (χ2v) is 8.71. The van der Waals surface area contributed by atoms with Crippen LogP contribution in [0.1, 0.15) is 34.0 Å². The number of carbonyl (C=O) groups excluding carboxylic acids is 1. The molecule has 0 bridgehead atoms. The Kier molecular flexibility index (Phi) is 4.68. The van der Waals surface area contributed by atoms with Gasteiger partial charge in [-0.1, -0.05) is 36.4 Å². The van der Waals surface area contributed by atoms with Crippen molar-refractivity contribution in [3.05, 3.63) is 101 Å². The number of nitrogens with zero attached hydrogens (tertiary/aromatic N) is 1. The number of nitrogen functional groups attached to an aromatic ring is 1. The van der Waals surface area contributed by atoms with Crippen molar-refractivity contribution in [1.29, 1.82) is 0 Å². The topological polar surface area (TPSA) is 71.4 Å². The molecule has 2 aliphatic heterocycles. The highest BCUT2D eigenvalue weighted by molar-refractivity contribution is 5.93. The molecule has 0 saturated heterocycles. The summed E-state index contributed by atoms with van der Waals surface area (Å²) in [5.74, 6) is 0.949. The number of hydrogen-bond acceptors (Lipinski definition) is 3. The first-order chi connectivity index (χ1) is 16.2. The SMILES string of the molecule is Nc1ccc(C=CC(=O)N2CCc3c([nH]c4ccccc34)C2c2ccc3c(c2)CCO3)cc1. The van der Waals surface area contributed by atoms with Crippen LogP contribution in [0.4, 0.5) is 5.69 Å². The van der Waals surface area contributed by atoms with Crippen LogP contribution in [-0.4, -0.2) is 28.9 Å². The molecule has 5 heteroatoms. The molecule has 2 aliphatic rings. The van der Waals surface area contributed by atoms with E-state index >= 15 is 0 Å². The average Bonchev–Trinajstić information content (AvgIpc) is 3.46. The van der Waals surface area contributed by atoms with E-state index in [4.69, 9.17) is 10.5 Å². The Bertz CT molecular complexity index is 1380. The number of aromatic amines is 1. The molecule has 6 rings (SSSR count). The third-order valence-electron chi connectivity index (χ3n) is 6.70. The summed E-state index contributed by atoms with van der Waals surface area (Å²) < 4.78 is 5.72. The lowest BCUT2D eigenvalue weighted by atomic mass is 9.91. The molecule has 0 spiro atoms. The standard InChI is InChI=1S/C28H25N3O2/c29-21-9-5-18(6-10-21)7-12-26(32)31-15-13-23-22-3-1-2-4-24(22)30-27(23)28(31)20-8-11-25-19(17-20)14-16-33-25/h1-12,17,28,30H,13-16,29H2. The Morgan fingerprint density at radius 1 is 1.06 bits per heavy atom. The zero-order chi connectivity index (χ0) is 22.4. The summed E-state index contributed by atoms with van der Waals surface area (Å²) in [5.41, 5.74) is 13.3. The van der Waals surface area contributed by atoms with Crippen molar-refractivity contribution < 1.29 is 9.53 Å². The molecule has 0 radical (unpaired) electrons. The van der Waals surface area contributed by atoms with Crippen molar-refractivity contribution in [2.75, 3.05) is 18.9 Å². The van der Waals surface area contributed by atoms with Gasteiger partial charge in [-0.3, -0.25) is 4.79 Å². The van der Waals surface area contributed by atoms with Gasteiger partial charge in [0.05, 0.1) is 12.6 Å². The maximum Gasteiger partial charge on any atom is 0.247 e. The summed E-state index contributed by atoms with van der Waals surface area (Å²) in [6.45, 7) is 1.38. The Balaban J connectivity index is 1.42. The third-order valence-corrected chi connectivity index (χ3v) is 6.70. The molecule has 1 unspecified atom stereocenters. The van der Waals surface area contributed by atoms with Gasteiger partial charge < -0.3 is 20.4 Å². The molecule has 164 valence electrons. The predicted octanol–water partition coefficient (Wildman–Crippen LogP) is 4.87. The van der Waals surface area contributed by atoms with Crippen LogP contribution in [0, 0.1) is 0 Å². The van der Waals surface area contributed by atoms with Gasteiger partial charge in [-0.05, 0) is 65.1 Å². The number of fused-ring (bicyclic) bond motifs is 4. The number of amides is 1. The van der Waals surface area contributed by atoms with E-state index in [0.29, 0.717) is 18.8 Å². The van der Waals surface area contributed by atoms with E-state index in [0.717, 1.165) is 40.9 Å². The van der Waals surface area contributed by atoms with Crippen molar-refractivity contribution >= 4 is 28.6 Å². The average molecular weight is 436 g/mol. The van der Waals surface area contributed by atoms with Crippen molar-refractivity contribution in [2.24, 2.45) is 0 Å². The number of hydrogen-bond donors (Lipinski definition) is 2. The van der Waals surface area contributed by atoms with E-state index in [1.807, 2.05) is 47.4 Å². The third kappa shape index (κ3) is 3.46. The van der Waals surface area contributed by atoms with Crippen molar-refractivity contribution in [2.45, 2.75) is 18.9 Å². The molecule has 33 heavy (non-hydrogen) atoms. The largest absolute Gasteiger partial charge is 0.493 e. The highest BCUT2D eigenvalue weighted by Gasteiger charge is 2.34. The number of carbonyl (C=O) groups is 1. The quantitative estimate of drug-likeness (QED) is 0.356. The molecule has 4 aromatic rings. The minimum Gasteiger partial charge on any atom is -0.493 e. The first kappa shape index (κ1) is 19.7. The molecule has 1 aromatic heterocycles. The number of ether oxygens (including phenoxy) is 1. The van der Waals surface area contributed by atoms with Gasteiger partial charge in [0.2, 0.25) is 5.91 Å². The van der Waals surface area contributed by atoms with Gasteiger partial charge in [0.1, 0.15) is 5.75 Å². The lowest BCUT2D eigenvalue weighted by molar-refractivity contribution is -0.128. The maximum absolute atomic E-state index is 13.5. The normalized spacial score (nSPS) is 17.2. The summed E-state index contributed by atoms with van der Waals surface area (Å²) >= 11 is 0. The summed E-state index contributed by atoms with van der Waals surface area (Å²) in [5, 5.41) is 1.24. The van der Waals surface area contributed by atoms with Crippen LogP contribution >= 0.6 is 0 Å². The summed E-state index contributed by atoms with van der Waals surface area (Å²) in [6.07, 6.45) is 5.25. The van der Waals surface area contributed by atoms with Gasteiger partial charge in [-0.2, -0.15) is 0 Å². The van der Waals surface area contributed by atoms with Crippen molar-refractivity contribution in [3.63, 3.8) is 0 Å². The van der Waals surface area contributed by atoms with Gasteiger partial charge in [-0.25, -0.2) is 0 Å². The Morgan fingerprint density at radius 3 is 2.79 bits per heavy atom. The fraction of sp³-hybridized carbons (Fsp3) is 0.179. The Labute approximate surface area is 192 Å². The Morgan fingerprint density at radius 2 is 1.91 bits per heavy atom. The summed E-state index contributed by atoms with van der Waals surface area (Å²) in [7, 11) is 0. The van der Waals surface area contributed by atoms with Gasteiger partial charge >= 0.3 is 0 Å². The van der Waals surface area contributed by atoms with Gasteiger partial charge in [0, 0.05) is 41.3 Å². The number of para-hydroxylation sites is 1. The molecule has 1 atom stereocenters. The second-order valence-electron chi connectivity index (χ2n) is 8.71.